The fraction of sp³-hybridized carbons (Fsp3) is 0.190. The second kappa shape index (κ2) is 8.76. The Hall–Kier alpha value is -3.40. The van der Waals surface area contributed by atoms with E-state index in [0.29, 0.717) is 28.8 Å². The number of thioether (sulfide) groups is 1. The van der Waals surface area contributed by atoms with Gasteiger partial charge in [-0.25, -0.2) is 4.79 Å². The van der Waals surface area contributed by atoms with Gasteiger partial charge in [-0.05, 0) is 35.9 Å². The summed E-state index contributed by atoms with van der Waals surface area (Å²) in [5.74, 6) is -3.57. The molecule has 1 saturated heterocycles. The molecular weight excluding hydrogens is 426 g/mol. The number of alkyl halides is 2. The molecule has 0 saturated carbocycles. The highest BCUT2D eigenvalue weighted by atomic mass is 32.2. The first-order valence-electron chi connectivity index (χ1n) is 9.42. The molecule has 1 aliphatic heterocycles. The minimum absolute atomic E-state index is 0.302. The molecule has 2 aromatic carbocycles. The van der Waals surface area contributed by atoms with Gasteiger partial charge in [-0.2, -0.15) is 8.78 Å². The third-order valence-electron chi connectivity index (χ3n) is 4.87. The monoisotopic (exact) mass is 444 g/mol. The minimum Gasteiger partial charge on any atom is -0.361 e. The van der Waals surface area contributed by atoms with Crippen LogP contribution >= 0.6 is 11.8 Å². The molecule has 1 fully saturated rings. The third-order valence-corrected chi connectivity index (χ3v) is 5.59. The number of fused-ring (bicyclic) bond motifs is 1. The Kier molecular flexibility index (Phi) is 5.90. The van der Waals surface area contributed by atoms with Crippen molar-refractivity contribution < 1.29 is 23.2 Å². The normalized spacial score (nSPS) is 16.2. The summed E-state index contributed by atoms with van der Waals surface area (Å²) in [5, 5.41) is 6.15. The summed E-state index contributed by atoms with van der Waals surface area (Å²) in [6.07, 6.45) is 2.10. The Labute approximate surface area is 180 Å². The molecule has 1 atom stereocenters. The molecule has 2 heterocycles. The Morgan fingerprint density at radius 3 is 2.61 bits per heavy atom. The maximum Gasteiger partial charge on any atom is 0.325 e. The van der Waals surface area contributed by atoms with Crippen molar-refractivity contribution in [1.82, 2.24) is 15.2 Å². The Morgan fingerprint density at radius 2 is 1.87 bits per heavy atom. The zero-order chi connectivity index (χ0) is 22.0. The highest BCUT2D eigenvalue weighted by Gasteiger charge is 2.39. The van der Waals surface area contributed by atoms with Crippen LogP contribution in [-0.4, -0.2) is 46.1 Å². The number of imide groups is 1. The van der Waals surface area contributed by atoms with Crippen molar-refractivity contribution in [1.29, 1.82) is 0 Å². The number of amides is 4. The first-order valence-corrected chi connectivity index (χ1v) is 10.3. The molecule has 1 aromatic heterocycles. The lowest BCUT2D eigenvalue weighted by Gasteiger charge is -2.13. The molecule has 1 aliphatic rings. The smallest absolute Gasteiger partial charge is 0.325 e. The predicted molar refractivity (Wildman–Crippen MR) is 113 cm³/mol. The number of hydrogen-bond acceptors (Lipinski definition) is 4. The Morgan fingerprint density at radius 1 is 1.13 bits per heavy atom. The zero-order valence-corrected chi connectivity index (χ0v) is 16.9. The average molecular weight is 444 g/mol. The number of H-pyrrole nitrogens is 1. The van der Waals surface area contributed by atoms with Gasteiger partial charge in [0.25, 0.3) is 11.7 Å². The van der Waals surface area contributed by atoms with Gasteiger partial charge in [0.15, 0.2) is 0 Å². The van der Waals surface area contributed by atoms with Crippen LogP contribution in [0.25, 0.3) is 10.9 Å². The number of halogens is 2. The van der Waals surface area contributed by atoms with Crippen molar-refractivity contribution in [3.05, 3.63) is 60.3 Å². The zero-order valence-electron chi connectivity index (χ0n) is 16.1. The van der Waals surface area contributed by atoms with Gasteiger partial charge >= 0.3 is 6.03 Å². The van der Waals surface area contributed by atoms with E-state index in [2.05, 4.69) is 15.6 Å². The van der Waals surface area contributed by atoms with E-state index >= 15 is 0 Å². The summed E-state index contributed by atoms with van der Waals surface area (Å²) in [6, 6.07) is 12.1. The number of para-hydroxylation sites is 1. The highest BCUT2D eigenvalue weighted by Crippen LogP contribution is 2.26. The number of nitrogens with zero attached hydrogens (tertiary/aromatic N) is 1. The van der Waals surface area contributed by atoms with Crippen LogP contribution in [0.1, 0.15) is 5.56 Å². The molecule has 4 rings (SSSR count). The van der Waals surface area contributed by atoms with E-state index < -0.39 is 36.2 Å². The summed E-state index contributed by atoms with van der Waals surface area (Å²) in [4.78, 5) is 41.6. The molecule has 0 unspecified atom stereocenters. The number of rotatable bonds is 7. The SMILES string of the molecule is O=C(CN1C(=O)N[C@H](Cc2c[nH]c3ccccc23)C1=O)Nc1ccc(SC(F)F)cc1. The summed E-state index contributed by atoms with van der Waals surface area (Å²) >= 11 is 0.401. The van der Waals surface area contributed by atoms with E-state index in [1.807, 2.05) is 24.3 Å². The van der Waals surface area contributed by atoms with Crippen molar-refractivity contribution in [3.8, 4) is 0 Å². The fourth-order valence-corrected chi connectivity index (χ4v) is 3.95. The van der Waals surface area contributed by atoms with Crippen LogP contribution in [0.2, 0.25) is 0 Å². The Bertz CT molecular complexity index is 1130. The van der Waals surface area contributed by atoms with Crippen LogP contribution in [0.5, 0.6) is 0 Å². The van der Waals surface area contributed by atoms with Gasteiger partial charge in [0.05, 0.1) is 0 Å². The average Bonchev–Trinajstić information content (AvgIpc) is 3.25. The van der Waals surface area contributed by atoms with Crippen LogP contribution in [0.15, 0.2) is 59.6 Å². The second-order valence-electron chi connectivity index (χ2n) is 6.94. The number of carbonyl (C=O) groups excluding carboxylic acids is 3. The molecule has 10 heteroatoms. The number of nitrogens with one attached hydrogen (secondary N) is 3. The van der Waals surface area contributed by atoms with Crippen molar-refractivity contribution in [2.45, 2.75) is 23.1 Å². The molecular formula is C21H18F2N4O3S. The summed E-state index contributed by atoms with van der Waals surface area (Å²) in [7, 11) is 0. The van der Waals surface area contributed by atoms with Gasteiger partial charge < -0.3 is 15.6 Å². The van der Waals surface area contributed by atoms with E-state index in [0.717, 1.165) is 21.4 Å². The lowest BCUT2D eigenvalue weighted by Crippen LogP contribution is -2.38. The molecule has 0 aliphatic carbocycles. The van der Waals surface area contributed by atoms with E-state index in [4.69, 9.17) is 0 Å². The van der Waals surface area contributed by atoms with Crippen molar-refractivity contribution in [2.24, 2.45) is 0 Å². The maximum absolute atomic E-state index is 12.7. The highest BCUT2D eigenvalue weighted by molar-refractivity contribution is 7.99. The van der Waals surface area contributed by atoms with Crippen molar-refractivity contribution in [3.63, 3.8) is 0 Å². The summed E-state index contributed by atoms with van der Waals surface area (Å²) in [5.41, 5.74) is 2.21. The van der Waals surface area contributed by atoms with Gasteiger partial charge in [0, 0.05) is 34.1 Å². The number of anilines is 1. The first-order chi connectivity index (χ1) is 14.9. The number of aromatic amines is 1. The lowest BCUT2D eigenvalue weighted by molar-refractivity contribution is -0.130. The fourth-order valence-electron chi connectivity index (χ4n) is 3.45. The molecule has 3 N–H and O–H groups in total. The second-order valence-corrected chi connectivity index (χ2v) is 8.00. The number of aromatic nitrogens is 1. The standard InChI is InChI=1S/C21H18F2N4O3S/c22-20(23)31-14-7-5-13(6-8-14)25-18(28)11-27-19(29)17(26-21(27)30)9-12-10-24-16-4-2-1-3-15(12)16/h1-8,10,17,20,24H,9,11H2,(H,25,28)(H,26,30)/t17-/m1/s1. The Balaban J connectivity index is 1.37. The molecule has 160 valence electrons. The maximum atomic E-state index is 12.7. The predicted octanol–water partition coefficient (Wildman–Crippen LogP) is 3.58. The molecule has 0 bridgehead atoms. The van der Waals surface area contributed by atoms with Gasteiger partial charge in [0.2, 0.25) is 5.91 Å². The molecule has 4 amide bonds. The largest absolute Gasteiger partial charge is 0.361 e. The molecule has 7 nitrogen and oxygen atoms in total. The van der Waals surface area contributed by atoms with Crippen LogP contribution < -0.4 is 10.6 Å². The quantitative estimate of drug-likeness (QED) is 0.384. The van der Waals surface area contributed by atoms with Gasteiger partial charge in [-0.3, -0.25) is 14.5 Å². The van der Waals surface area contributed by atoms with Crippen LogP contribution in [0, 0.1) is 0 Å². The van der Waals surface area contributed by atoms with E-state index in [1.165, 1.54) is 24.3 Å². The molecule has 0 radical (unpaired) electrons. The van der Waals surface area contributed by atoms with Gasteiger partial charge in [0.1, 0.15) is 12.6 Å². The van der Waals surface area contributed by atoms with Crippen LogP contribution in [0.4, 0.5) is 19.3 Å². The minimum atomic E-state index is -2.53. The topological polar surface area (TPSA) is 94.3 Å². The number of hydrogen-bond donors (Lipinski definition) is 3. The summed E-state index contributed by atoms with van der Waals surface area (Å²) < 4.78 is 24.8. The van der Waals surface area contributed by atoms with Gasteiger partial charge in [-0.15, -0.1) is 0 Å². The third kappa shape index (κ3) is 4.69. The van der Waals surface area contributed by atoms with E-state index in [9.17, 15) is 23.2 Å². The van der Waals surface area contributed by atoms with Crippen molar-refractivity contribution in [2.75, 3.05) is 11.9 Å². The number of urea groups is 1. The number of benzene rings is 2. The van der Waals surface area contributed by atoms with E-state index in [1.54, 1.807) is 6.20 Å². The van der Waals surface area contributed by atoms with Crippen LogP contribution in [0.3, 0.4) is 0 Å². The molecule has 31 heavy (non-hydrogen) atoms. The number of carbonyl (C=O) groups is 3. The summed E-state index contributed by atoms with van der Waals surface area (Å²) in [6.45, 7) is -0.442. The van der Waals surface area contributed by atoms with Crippen molar-refractivity contribution >= 4 is 46.2 Å². The van der Waals surface area contributed by atoms with Gasteiger partial charge in [-0.1, -0.05) is 30.0 Å². The molecule has 3 aromatic rings. The van der Waals surface area contributed by atoms with E-state index in [-0.39, 0.29) is 0 Å². The lowest BCUT2D eigenvalue weighted by atomic mass is 10.1. The van der Waals surface area contributed by atoms with Crippen LogP contribution in [-0.2, 0) is 16.0 Å². The first kappa shape index (κ1) is 20.9. The molecule has 0 spiro atoms.